The Morgan fingerprint density at radius 2 is 1.83 bits per heavy atom. The standard InChI is InChI=1S/C15H23F2N/c1-11-3-5-14(6-4-11)7-8-18(10-14)12(2)13-9-15(13,16)17/h11,13H,2-10H2,1H3. The van der Waals surface area contributed by atoms with E-state index in [-0.39, 0.29) is 6.42 Å². The van der Waals surface area contributed by atoms with Crippen LogP contribution in [-0.2, 0) is 0 Å². The Labute approximate surface area is 108 Å². The number of allylic oxidation sites excluding steroid dienone is 1. The first-order valence-electron chi connectivity index (χ1n) is 7.23. The van der Waals surface area contributed by atoms with Gasteiger partial charge in [0.2, 0.25) is 0 Å². The molecule has 1 heterocycles. The zero-order chi connectivity index (χ0) is 13.0. The van der Waals surface area contributed by atoms with Crippen molar-refractivity contribution >= 4 is 0 Å². The molecule has 0 aromatic carbocycles. The molecule has 0 amide bonds. The number of nitrogens with zero attached hydrogens (tertiary/aromatic N) is 1. The van der Waals surface area contributed by atoms with Crippen LogP contribution in [0.3, 0.4) is 0 Å². The number of rotatable bonds is 2. The molecule has 3 heteroatoms. The number of hydrogen-bond acceptors (Lipinski definition) is 1. The number of alkyl halides is 2. The van der Waals surface area contributed by atoms with Crippen LogP contribution >= 0.6 is 0 Å². The third kappa shape index (κ3) is 2.06. The predicted molar refractivity (Wildman–Crippen MR) is 68.4 cm³/mol. The molecule has 3 aliphatic rings. The lowest BCUT2D eigenvalue weighted by atomic mass is 9.70. The highest BCUT2D eigenvalue weighted by Crippen LogP contribution is 2.55. The second-order valence-electron chi connectivity index (χ2n) is 6.86. The summed E-state index contributed by atoms with van der Waals surface area (Å²) >= 11 is 0. The van der Waals surface area contributed by atoms with Crippen molar-refractivity contribution in [3.8, 4) is 0 Å². The molecule has 1 unspecified atom stereocenters. The van der Waals surface area contributed by atoms with Crippen molar-refractivity contribution in [3.63, 3.8) is 0 Å². The van der Waals surface area contributed by atoms with Gasteiger partial charge in [0.05, 0.1) is 5.92 Å². The van der Waals surface area contributed by atoms with Crippen molar-refractivity contribution < 1.29 is 8.78 Å². The Balaban J connectivity index is 1.60. The SMILES string of the molecule is C=C(C1CC1(F)F)N1CCC2(CCC(C)CC2)C1. The minimum Gasteiger partial charge on any atom is -0.374 e. The molecular formula is C15H23F2N. The Hall–Kier alpha value is -0.600. The summed E-state index contributed by atoms with van der Waals surface area (Å²) in [5.41, 5.74) is 1.12. The van der Waals surface area contributed by atoms with Crippen molar-refractivity contribution in [1.82, 2.24) is 4.90 Å². The molecule has 0 radical (unpaired) electrons. The van der Waals surface area contributed by atoms with Crippen LogP contribution in [0.25, 0.3) is 0 Å². The van der Waals surface area contributed by atoms with Crippen molar-refractivity contribution in [2.45, 2.75) is 51.4 Å². The first-order chi connectivity index (χ1) is 8.42. The summed E-state index contributed by atoms with van der Waals surface area (Å²) in [5, 5.41) is 0. The zero-order valence-corrected chi connectivity index (χ0v) is 11.2. The van der Waals surface area contributed by atoms with Gasteiger partial charge >= 0.3 is 0 Å². The molecule has 1 atom stereocenters. The zero-order valence-electron chi connectivity index (χ0n) is 11.2. The van der Waals surface area contributed by atoms with Gasteiger partial charge in [0.25, 0.3) is 5.92 Å². The van der Waals surface area contributed by atoms with E-state index in [2.05, 4.69) is 18.4 Å². The quantitative estimate of drug-likeness (QED) is 0.719. The molecule has 18 heavy (non-hydrogen) atoms. The summed E-state index contributed by atoms with van der Waals surface area (Å²) in [5.74, 6) is -2.18. The van der Waals surface area contributed by atoms with E-state index in [4.69, 9.17) is 0 Å². The van der Waals surface area contributed by atoms with Gasteiger partial charge in [-0.15, -0.1) is 0 Å². The third-order valence-corrected chi connectivity index (χ3v) is 5.41. The predicted octanol–water partition coefficient (Wildman–Crippen LogP) is 4.06. The van der Waals surface area contributed by atoms with Gasteiger partial charge in [0, 0.05) is 25.2 Å². The van der Waals surface area contributed by atoms with E-state index >= 15 is 0 Å². The van der Waals surface area contributed by atoms with Crippen molar-refractivity contribution in [3.05, 3.63) is 12.3 Å². The largest absolute Gasteiger partial charge is 0.374 e. The van der Waals surface area contributed by atoms with Gasteiger partial charge in [-0.05, 0) is 30.6 Å². The van der Waals surface area contributed by atoms with E-state index in [0.29, 0.717) is 11.1 Å². The topological polar surface area (TPSA) is 3.24 Å². The normalized spacial score (nSPS) is 42.3. The van der Waals surface area contributed by atoms with Crippen LogP contribution in [0, 0.1) is 17.3 Å². The second-order valence-corrected chi connectivity index (χ2v) is 6.86. The lowest BCUT2D eigenvalue weighted by Crippen LogP contribution is -2.31. The van der Waals surface area contributed by atoms with Crippen LogP contribution in [0.5, 0.6) is 0 Å². The highest BCUT2D eigenvalue weighted by Gasteiger charge is 2.59. The van der Waals surface area contributed by atoms with Gasteiger partial charge in [-0.25, -0.2) is 8.78 Å². The van der Waals surface area contributed by atoms with Crippen LogP contribution in [-0.4, -0.2) is 23.9 Å². The summed E-state index contributed by atoms with van der Waals surface area (Å²) < 4.78 is 26.2. The molecule has 102 valence electrons. The maximum Gasteiger partial charge on any atom is 0.257 e. The summed E-state index contributed by atoms with van der Waals surface area (Å²) in [6, 6.07) is 0. The lowest BCUT2D eigenvalue weighted by Gasteiger charge is -2.36. The maximum atomic E-state index is 13.1. The fraction of sp³-hybridized carbons (Fsp3) is 0.867. The Kier molecular flexibility index (Phi) is 2.73. The molecule has 2 saturated carbocycles. The van der Waals surface area contributed by atoms with E-state index in [0.717, 1.165) is 19.0 Å². The summed E-state index contributed by atoms with van der Waals surface area (Å²) in [6.45, 7) is 8.18. The van der Waals surface area contributed by atoms with Crippen molar-refractivity contribution in [2.24, 2.45) is 17.3 Å². The Morgan fingerprint density at radius 3 is 2.39 bits per heavy atom. The van der Waals surface area contributed by atoms with Crippen LogP contribution in [0.1, 0.15) is 45.4 Å². The van der Waals surface area contributed by atoms with Crippen LogP contribution < -0.4 is 0 Å². The van der Waals surface area contributed by atoms with Gasteiger partial charge in [-0.3, -0.25) is 0 Å². The lowest BCUT2D eigenvalue weighted by molar-refractivity contribution is 0.0982. The third-order valence-electron chi connectivity index (χ3n) is 5.41. The summed E-state index contributed by atoms with van der Waals surface area (Å²) in [4.78, 5) is 2.15. The molecule has 2 aliphatic carbocycles. The van der Waals surface area contributed by atoms with E-state index in [1.54, 1.807) is 0 Å². The van der Waals surface area contributed by atoms with Gasteiger partial charge in [0.1, 0.15) is 0 Å². The fourth-order valence-corrected chi connectivity index (χ4v) is 3.76. The van der Waals surface area contributed by atoms with Gasteiger partial charge in [-0.1, -0.05) is 26.3 Å². The van der Waals surface area contributed by atoms with Gasteiger partial charge in [0.15, 0.2) is 0 Å². The van der Waals surface area contributed by atoms with Gasteiger partial charge in [-0.2, -0.15) is 0 Å². The molecule has 1 saturated heterocycles. The average molecular weight is 255 g/mol. The van der Waals surface area contributed by atoms with Crippen molar-refractivity contribution in [1.29, 1.82) is 0 Å². The minimum atomic E-state index is -2.46. The molecular weight excluding hydrogens is 232 g/mol. The number of hydrogen-bond donors (Lipinski definition) is 0. The van der Waals surface area contributed by atoms with Gasteiger partial charge < -0.3 is 4.90 Å². The Morgan fingerprint density at radius 1 is 1.22 bits per heavy atom. The van der Waals surface area contributed by atoms with E-state index in [9.17, 15) is 8.78 Å². The molecule has 0 bridgehead atoms. The van der Waals surface area contributed by atoms with Crippen LogP contribution in [0.15, 0.2) is 12.3 Å². The molecule has 0 aromatic rings. The molecule has 3 rings (SSSR count). The van der Waals surface area contributed by atoms with E-state index in [1.165, 1.54) is 32.1 Å². The van der Waals surface area contributed by atoms with Crippen LogP contribution in [0.2, 0.25) is 0 Å². The molecule has 0 N–H and O–H groups in total. The average Bonchev–Trinajstić information content (AvgIpc) is 2.79. The molecule has 0 aromatic heterocycles. The van der Waals surface area contributed by atoms with E-state index < -0.39 is 11.8 Å². The summed E-state index contributed by atoms with van der Waals surface area (Å²) in [7, 11) is 0. The number of halogens is 2. The second kappa shape index (κ2) is 3.94. The molecule has 1 spiro atoms. The maximum absolute atomic E-state index is 13.1. The monoisotopic (exact) mass is 255 g/mol. The number of likely N-dealkylation sites (tertiary alicyclic amines) is 1. The smallest absolute Gasteiger partial charge is 0.257 e. The fourth-order valence-electron chi connectivity index (χ4n) is 3.76. The summed E-state index contributed by atoms with van der Waals surface area (Å²) in [6.07, 6.45) is 6.36. The highest BCUT2D eigenvalue weighted by molar-refractivity contribution is 5.18. The van der Waals surface area contributed by atoms with E-state index in [1.807, 2.05) is 0 Å². The molecule has 1 nitrogen and oxygen atoms in total. The molecule has 1 aliphatic heterocycles. The molecule has 3 fully saturated rings. The van der Waals surface area contributed by atoms with Crippen LogP contribution in [0.4, 0.5) is 8.78 Å². The minimum absolute atomic E-state index is 0.0202. The first kappa shape index (κ1) is 12.4. The Bertz CT molecular complexity index is 356. The van der Waals surface area contributed by atoms with Crippen molar-refractivity contribution in [2.75, 3.05) is 13.1 Å². The first-order valence-corrected chi connectivity index (χ1v) is 7.23. The highest BCUT2D eigenvalue weighted by atomic mass is 19.3.